The number of aromatic nitrogens is 2. The van der Waals surface area contributed by atoms with Crippen LogP contribution in [0.2, 0.25) is 0 Å². The normalized spacial score (nSPS) is 22.3. The zero-order chi connectivity index (χ0) is 24.4. The van der Waals surface area contributed by atoms with Gasteiger partial charge in [-0.1, -0.05) is 50.6 Å². The smallest absolute Gasteiger partial charge is 0.330 e. The highest BCUT2D eigenvalue weighted by molar-refractivity contribution is 5.96. The van der Waals surface area contributed by atoms with Crippen molar-refractivity contribution in [1.29, 1.82) is 0 Å². The number of aromatic amines is 1. The van der Waals surface area contributed by atoms with Gasteiger partial charge in [0.25, 0.3) is 5.56 Å². The second-order valence-electron chi connectivity index (χ2n) is 10.5. The Hall–Kier alpha value is -2.87. The molecule has 8 heteroatoms. The summed E-state index contributed by atoms with van der Waals surface area (Å²) in [6, 6.07) is 9.65. The maximum Gasteiger partial charge on any atom is 0.330 e. The molecule has 0 aliphatic heterocycles. The van der Waals surface area contributed by atoms with Crippen molar-refractivity contribution in [3.8, 4) is 0 Å². The van der Waals surface area contributed by atoms with E-state index in [1.165, 1.54) is 35.2 Å². The van der Waals surface area contributed by atoms with Gasteiger partial charge < -0.3 is 16.0 Å². The summed E-state index contributed by atoms with van der Waals surface area (Å²) in [5.41, 5.74) is 6.07. The Morgan fingerprint density at radius 2 is 1.91 bits per heavy atom. The van der Waals surface area contributed by atoms with Gasteiger partial charge in [0.05, 0.1) is 13.1 Å². The van der Waals surface area contributed by atoms with Gasteiger partial charge in [-0.15, -0.1) is 0 Å². The van der Waals surface area contributed by atoms with E-state index in [4.69, 9.17) is 5.73 Å². The number of carbonyl (C=O) groups excluding carboxylic acids is 1. The monoisotopic (exact) mass is 467 g/mol. The predicted molar refractivity (Wildman–Crippen MR) is 135 cm³/mol. The van der Waals surface area contributed by atoms with E-state index in [9.17, 15) is 14.4 Å². The van der Waals surface area contributed by atoms with Gasteiger partial charge in [-0.05, 0) is 55.4 Å². The molecule has 1 amide bonds. The number of nitrogens with zero attached hydrogens (tertiary/aromatic N) is 2. The molecule has 8 nitrogen and oxygen atoms in total. The maximum absolute atomic E-state index is 13.4. The molecule has 1 heterocycles. The molecule has 34 heavy (non-hydrogen) atoms. The Morgan fingerprint density at radius 1 is 1.18 bits per heavy atom. The largest absolute Gasteiger partial charge is 0.383 e. The van der Waals surface area contributed by atoms with Crippen molar-refractivity contribution in [2.24, 2.45) is 23.7 Å². The van der Waals surface area contributed by atoms with Crippen molar-refractivity contribution in [3.05, 3.63) is 56.7 Å². The molecule has 2 aliphatic carbocycles. The van der Waals surface area contributed by atoms with Crippen LogP contribution in [0.4, 0.5) is 11.5 Å². The molecule has 184 valence electrons. The Balaban J connectivity index is 1.56. The molecular weight excluding hydrogens is 430 g/mol. The first-order chi connectivity index (χ1) is 16.2. The Morgan fingerprint density at radius 3 is 2.53 bits per heavy atom. The van der Waals surface area contributed by atoms with E-state index in [1.54, 1.807) is 0 Å². The summed E-state index contributed by atoms with van der Waals surface area (Å²) in [5.74, 6) is 2.11. The van der Waals surface area contributed by atoms with Crippen LogP contribution in [-0.2, 0) is 11.3 Å². The first kappa shape index (κ1) is 24.3. The summed E-state index contributed by atoms with van der Waals surface area (Å²) in [5, 5.41) is 3.42. The van der Waals surface area contributed by atoms with Crippen LogP contribution >= 0.6 is 0 Å². The zero-order valence-electron chi connectivity index (χ0n) is 20.4. The molecule has 2 fully saturated rings. The third-order valence-corrected chi connectivity index (χ3v) is 7.53. The Kier molecular flexibility index (Phi) is 7.26. The first-order valence-electron chi connectivity index (χ1n) is 12.4. The van der Waals surface area contributed by atoms with Crippen LogP contribution in [0, 0.1) is 23.7 Å². The fraction of sp³-hybridized carbons (Fsp3) is 0.577. The number of anilines is 2. The molecule has 1 aromatic carbocycles. The van der Waals surface area contributed by atoms with Gasteiger partial charge in [0.15, 0.2) is 5.69 Å². The number of fused-ring (bicyclic) bond motifs is 2. The van der Waals surface area contributed by atoms with Crippen molar-refractivity contribution in [2.45, 2.75) is 59.0 Å². The standard InChI is InChI=1S/C26H37N5O3/c1-16(2)14-30(22(32)13-28-17(3)21-12-19-9-10-20(21)11-19)23-24(27)31(26(34)29-25(23)33)15-18-7-5-4-6-8-18/h4-8,16-17,19-21,28H,9-15,27H2,1-3H3,(H,29,33,34). The van der Waals surface area contributed by atoms with E-state index in [-0.39, 0.29) is 42.5 Å². The Labute approximate surface area is 200 Å². The van der Waals surface area contributed by atoms with Crippen LogP contribution in [-0.4, -0.2) is 34.6 Å². The number of H-pyrrole nitrogens is 1. The van der Waals surface area contributed by atoms with Crippen molar-refractivity contribution < 1.29 is 4.79 Å². The maximum atomic E-state index is 13.4. The second-order valence-corrected chi connectivity index (χ2v) is 10.5. The SMILES string of the molecule is CC(C)CN(C(=O)CNC(C)C1CC2CCC1C2)c1c(N)n(Cc2ccccc2)c(=O)[nH]c1=O. The molecular formula is C26H37N5O3. The number of nitrogen functional groups attached to an aromatic ring is 1. The molecule has 4 atom stereocenters. The van der Waals surface area contributed by atoms with Crippen LogP contribution < -0.4 is 27.2 Å². The molecule has 2 bridgehead atoms. The van der Waals surface area contributed by atoms with Crippen LogP contribution in [0.15, 0.2) is 39.9 Å². The van der Waals surface area contributed by atoms with Gasteiger partial charge in [-0.3, -0.25) is 19.1 Å². The summed E-state index contributed by atoms with van der Waals surface area (Å²) in [7, 11) is 0. The highest BCUT2D eigenvalue weighted by atomic mass is 16.2. The van der Waals surface area contributed by atoms with E-state index in [0.717, 1.165) is 17.4 Å². The highest BCUT2D eigenvalue weighted by Crippen LogP contribution is 2.49. The van der Waals surface area contributed by atoms with Crippen molar-refractivity contribution in [3.63, 3.8) is 0 Å². The number of amides is 1. The topological polar surface area (TPSA) is 113 Å². The molecule has 2 aromatic rings. The van der Waals surface area contributed by atoms with Crippen molar-refractivity contribution >= 4 is 17.4 Å². The molecule has 4 N–H and O–H groups in total. The van der Waals surface area contributed by atoms with Crippen LogP contribution in [0.1, 0.15) is 52.0 Å². The second kappa shape index (κ2) is 10.2. The first-order valence-corrected chi connectivity index (χ1v) is 12.4. The molecule has 4 rings (SSSR count). The minimum absolute atomic E-state index is 0.00718. The number of rotatable bonds is 9. The summed E-state index contributed by atoms with van der Waals surface area (Å²) < 4.78 is 1.32. The van der Waals surface area contributed by atoms with Gasteiger partial charge in [0.2, 0.25) is 5.91 Å². The number of carbonyl (C=O) groups is 1. The van der Waals surface area contributed by atoms with E-state index >= 15 is 0 Å². The highest BCUT2D eigenvalue weighted by Gasteiger charge is 2.41. The minimum Gasteiger partial charge on any atom is -0.383 e. The lowest BCUT2D eigenvalue weighted by Crippen LogP contribution is -2.48. The number of benzene rings is 1. The molecule has 0 saturated heterocycles. The molecule has 1 aromatic heterocycles. The van der Waals surface area contributed by atoms with Gasteiger partial charge in [0, 0.05) is 12.6 Å². The van der Waals surface area contributed by atoms with Gasteiger partial charge in [-0.25, -0.2) is 4.79 Å². The number of nitrogens with one attached hydrogen (secondary N) is 2. The minimum atomic E-state index is -0.637. The predicted octanol–water partition coefficient (Wildman–Crippen LogP) is 2.57. The third-order valence-electron chi connectivity index (χ3n) is 7.53. The summed E-state index contributed by atoms with van der Waals surface area (Å²) >= 11 is 0. The quantitative estimate of drug-likeness (QED) is 0.525. The lowest BCUT2D eigenvalue weighted by molar-refractivity contribution is -0.118. The van der Waals surface area contributed by atoms with Gasteiger partial charge in [0.1, 0.15) is 5.82 Å². The number of hydrogen-bond donors (Lipinski definition) is 3. The average Bonchev–Trinajstić information content (AvgIpc) is 3.43. The fourth-order valence-corrected chi connectivity index (χ4v) is 5.85. The molecule has 4 unspecified atom stereocenters. The van der Waals surface area contributed by atoms with Crippen molar-refractivity contribution in [2.75, 3.05) is 23.7 Å². The molecule has 2 aliphatic rings. The van der Waals surface area contributed by atoms with E-state index in [2.05, 4.69) is 17.2 Å². The van der Waals surface area contributed by atoms with Crippen LogP contribution in [0.5, 0.6) is 0 Å². The van der Waals surface area contributed by atoms with Gasteiger partial charge in [-0.2, -0.15) is 0 Å². The molecule has 2 saturated carbocycles. The summed E-state index contributed by atoms with van der Waals surface area (Å²) in [6.07, 6.45) is 5.19. The van der Waals surface area contributed by atoms with Crippen molar-refractivity contribution in [1.82, 2.24) is 14.9 Å². The lowest BCUT2D eigenvalue weighted by atomic mass is 9.84. The van der Waals surface area contributed by atoms with Crippen LogP contribution in [0.3, 0.4) is 0 Å². The number of nitrogens with two attached hydrogens (primary N) is 1. The third kappa shape index (κ3) is 5.12. The zero-order valence-corrected chi connectivity index (χ0v) is 20.4. The van der Waals surface area contributed by atoms with E-state index < -0.39 is 11.2 Å². The lowest BCUT2D eigenvalue weighted by Gasteiger charge is -2.30. The number of hydrogen-bond acceptors (Lipinski definition) is 5. The van der Waals surface area contributed by atoms with Gasteiger partial charge >= 0.3 is 5.69 Å². The Bertz CT molecular complexity index is 1120. The summed E-state index contributed by atoms with van der Waals surface area (Å²) in [6.45, 7) is 6.79. The fourth-order valence-electron chi connectivity index (χ4n) is 5.85. The van der Waals surface area contributed by atoms with E-state index in [0.29, 0.717) is 12.5 Å². The molecule has 0 radical (unpaired) electrons. The summed E-state index contributed by atoms with van der Waals surface area (Å²) in [4.78, 5) is 42.6. The molecule has 0 spiro atoms. The van der Waals surface area contributed by atoms with E-state index in [1.807, 2.05) is 44.2 Å². The van der Waals surface area contributed by atoms with Crippen LogP contribution in [0.25, 0.3) is 0 Å². The average molecular weight is 468 g/mol.